The van der Waals surface area contributed by atoms with Crippen molar-refractivity contribution in [1.29, 1.82) is 0 Å². The molecule has 1 aliphatic rings. The molecular formula is C33H34N2O4S3. The maximum atomic E-state index is 11.3. The number of hydrogen-bond acceptors (Lipinski definition) is 7. The fourth-order valence-electron chi connectivity index (χ4n) is 4.92. The highest BCUT2D eigenvalue weighted by atomic mass is 32.2. The minimum Gasteiger partial charge on any atom is -0.748 e. The van der Waals surface area contributed by atoms with Crippen LogP contribution < -0.4 is 14.2 Å². The quantitative estimate of drug-likeness (QED) is 0.0981. The van der Waals surface area contributed by atoms with E-state index in [1.54, 1.807) is 30.2 Å². The lowest BCUT2D eigenvalue weighted by Gasteiger charge is -2.18. The van der Waals surface area contributed by atoms with Gasteiger partial charge in [-0.05, 0) is 60.4 Å². The Kier molecular flexibility index (Phi) is 9.53. The van der Waals surface area contributed by atoms with Crippen molar-refractivity contribution in [2.24, 2.45) is 0 Å². The molecule has 0 unspecified atom stereocenters. The summed E-state index contributed by atoms with van der Waals surface area (Å²) in [5.41, 5.74) is 5.56. The van der Waals surface area contributed by atoms with Crippen molar-refractivity contribution in [2.75, 3.05) is 24.3 Å². The molecule has 0 spiro atoms. The van der Waals surface area contributed by atoms with E-state index in [9.17, 15) is 13.0 Å². The van der Waals surface area contributed by atoms with Crippen LogP contribution in [-0.4, -0.2) is 32.4 Å². The van der Waals surface area contributed by atoms with Gasteiger partial charge in [0.15, 0.2) is 6.54 Å². The third-order valence-electron chi connectivity index (χ3n) is 7.08. The Hall–Kier alpha value is -3.37. The van der Waals surface area contributed by atoms with Crippen molar-refractivity contribution in [3.05, 3.63) is 99.5 Å². The summed E-state index contributed by atoms with van der Waals surface area (Å²) >= 11 is 3.43. The second-order valence-corrected chi connectivity index (χ2v) is 13.6. The van der Waals surface area contributed by atoms with Crippen LogP contribution in [0.1, 0.15) is 42.8 Å². The van der Waals surface area contributed by atoms with E-state index >= 15 is 0 Å². The van der Waals surface area contributed by atoms with Gasteiger partial charge in [-0.2, -0.15) is 4.57 Å². The molecule has 0 fully saturated rings. The van der Waals surface area contributed by atoms with Gasteiger partial charge in [0.2, 0.25) is 5.52 Å². The van der Waals surface area contributed by atoms with Gasteiger partial charge in [-0.25, -0.2) is 8.42 Å². The predicted octanol–water partition coefficient (Wildman–Crippen LogP) is 7.57. The summed E-state index contributed by atoms with van der Waals surface area (Å²) in [6.07, 6.45) is 9.72. The van der Waals surface area contributed by atoms with Gasteiger partial charge in [0.25, 0.3) is 5.01 Å². The topological polar surface area (TPSA) is 73.5 Å². The lowest BCUT2D eigenvalue weighted by Crippen LogP contribution is -2.36. The molecule has 0 bridgehead atoms. The van der Waals surface area contributed by atoms with Gasteiger partial charge in [-0.1, -0.05) is 72.5 Å². The molecule has 0 saturated heterocycles. The molecule has 6 nitrogen and oxygen atoms in total. The van der Waals surface area contributed by atoms with Gasteiger partial charge < -0.3 is 14.2 Å². The van der Waals surface area contributed by atoms with Crippen LogP contribution in [0.2, 0.25) is 0 Å². The normalized spacial score (nSPS) is 14.8. The molecular weight excluding hydrogens is 585 g/mol. The number of anilines is 1. The molecule has 1 aromatic heterocycles. The lowest BCUT2D eigenvalue weighted by molar-refractivity contribution is -0.668. The summed E-state index contributed by atoms with van der Waals surface area (Å²) in [5.74, 6) is 0.456. The summed E-state index contributed by atoms with van der Waals surface area (Å²) in [5, 5.41) is 2.18. The smallest absolute Gasteiger partial charge is 0.263 e. The average Bonchev–Trinajstić information content (AvgIpc) is 3.51. The van der Waals surface area contributed by atoms with Crippen molar-refractivity contribution >= 4 is 67.3 Å². The molecule has 0 N–H and O–H groups in total. The first-order valence-electron chi connectivity index (χ1n) is 14.0. The summed E-state index contributed by atoms with van der Waals surface area (Å²) in [4.78, 5) is 3.50. The molecule has 0 radical (unpaired) electrons. The van der Waals surface area contributed by atoms with E-state index < -0.39 is 10.1 Å². The van der Waals surface area contributed by atoms with Crippen LogP contribution in [0.15, 0.2) is 88.3 Å². The van der Waals surface area contributed by atoms with Crippen LogP contribution in [0.3, 0.4) is 0 Å². The first kappa shape index (κ1) is 30.1. The Bertz CT molecular complexity index is 1770. The second-order valence-electron chi connectivity index (χ2n) is 9.91. The number of benzene rings is 3. The number of nitrogens with zero attached hydrogens (tertiary/aromatic N) is 2. The van der Waals surface area contributed by atoms with Crippen LogP contribution in [0.25, 0.3) is 28.4 Å². The number of hydrogen-bond donors (Lipinski definition) is 0. The molecule has 9 heteroatoms. The van der Waals surface area contributed by atoms with Crippen LogP contribution in [-0.2, 0) is 16.7 Å². The van der Waals surface area contributed by atoms with Crippen molar-refractivity contribution in [2.45, 2.75) is 38.1 Å². The largest absolute Gasteiger partial charge is 0.748 e. The van der Waals surface area contributed by atoms with Crippen LogP contribution in [0.5, 0.6) is 5.75 Å². The van der Waals surface area contributed by atoms with Crippen molar-refractivity contribution < 1.29 is 22.3 Å². The zero-order valence-corrected chi connectivity index (χ0v) is 26.4. The number of aromatic nitrogens is 1. The summed E-state index contributed by atoms with van der Waals surface area (Å²) in [7, 11) is -2.59. The van der Waals surface area contributed by atoms with Crippen molar-refractivity contribution in [1.82, 2.24) is 0 Å². The molecule has 42 heavy (non-hydrogen) atoms. The van der Waals surface area contributed by atoms with Crippen LogP contribution in [0.4, 0.5) is 5.69 Å². The monoisotopic (exact) mass is 618 g/mol. The maximum absolute atomic E-state index is 11.3. The SMILES string of the molecule is CCC(=Cc1sc2cc(C=Cc3ccccc3)ccc2[n+]1CCCS(=O)(=O)[O-])C=C1Sc2ccc(OC)cc2N1CC. The third-order valence-corrected chi connectivity index (χ3v) is 10.1. The number of rotatable bonds is 11. The van der Waals surface area contributed by atoms with Gasteiger partial charge in [0.05, 0.1) is 27.9 Å². The van der Waals surface area contributed by atoms with E-state index in [-0.39, 0.29) is 12.2 Å². The molecule has 0 atom stereocenters. The highest BCUT2D eigenvalue weighted by Crippen LogP contribution is 2.47. The van der Waals surface area contributed by atoms with E-state index in [0.717, 1.165) is 61.4 Å². The minimum atomic E-state index is -4.28. The molecule has 5 rings (SSSR count). The minimum absolute atomic E-state index is 0.262. The Morgan fingerprint density at radius 1 is 1.02 bits per heavy atom. The highest BCUT2D eigenvalue weighted by Gasteiger charge is 2.25. The number of methoxy groups -OCH3 is 1. The van der Waals surface area contributed by atoms with E-state index in [1.165, 1.54) is 4.90 Å². The molecule has 218 valence electrons. The van der Waals surface area contributed by atoms with E-state index in [4.69, 9.17) is 4.74 Å². The number of ether oxygens (including phenoxy) is 1. The first-order valence-corrected chi connectivity index (χ1v) is 17.2. The lowest BCUT2D eigenvalue weighted by atomic mass is 10.1. The van der Waals surface area contributed by atoms with Gasteiger partial charge >= 0.3 is 0 Å². The van der Waals surface area contributed by atoms with Gasteiger partial charge in [0, 0.05) is 41.8 Å². The third kappa shape index (κ3) is 7.15. The Balaban J connectivity index is 1.51. The molecule has 0 amide bonds. The standard InChI is InChI=1S/C33H34N2O4S3/c1-4-24(21-32-34(5-2)29-23-27(39-3)15-17-30(29)40-32)22-33-35(18-9-19-42(36,37)38)28-16-14-26(20-31(28)41-33)13-12-25-10-7-6-8-11-25/h6-8,10-17,20-23H,4-5,9,18-19H2,1-3H3. The number of allylic oxidation sites excluding steroid dienone is 2. The molecule has 1 aliphatic heterocycles. The predicted molar refractivity (Wildman–Crippen MR) is 175 cm³/mol. The number of thioether (sulfide) groups is 1. The van der Waals surface area contributed by atoms with Gasteiger partial charge in [-0.3, -0.25) is 0 Å². The fraction of sp³-hybridized carbons (Fsp3) is 0.242. The number of thiazole rings is 1. The molecule has 3 aromatic carbocycles. The first-order chi connectivity index (χ1) is 20.3. The fourth-order valence-corrected chi connectivity index (χ4v) is 7.80. The Morgan fingerprint density at radius 2 is 1.81 bits per heavy atom. The summed E-state index contributed by atoms with van der Waals surface area (Å²) < 4.78 is 42.8. The van der Waals surface area contributed by atoms with Gasteiger partial charge in [0.1, 0.15) is 10.4 Å². The summed E-state index contributed by atoms with van der Waals surface area (Å²) in [6, 6.07) is 22.7. The van der Waals surface area contributed by atoms with Crippen LogP contribution in [0, 0.1) is 0 Å². The van der Waals surface area contributed by atoms with Crippen LogP contribution >= 0.6 is 23.1 Å². The Morgan fingerprint density at radius 3 is 2.52 bits per heavy atom. The maximum Gasteiger partial charge on any atom is 0.263 e. The molecule has 0 aliphatic carbocycles. The molecule has 0 saturated carbocycles. The van der Waals surface area contributed by atoms with Crippen molar-refractivity contribution in [3.63, 3.8) is 0 Å². The summed E-state index contributed by atoms with van der Waals surface area (Å²) in [6.45, 7) is 5.57. The van der Waals surface area contributed by atoms with E-state index in [1.807, 2.05) is 24.3 Å². The van der Waals surface area contributed by atoms with Crippen molar-refractivity contribution in [3.8, 4) is 5.75 Å². The zero-order chi connectivity index (χ0) is 29.7. The zero-order valence-electron chi connectivity index (χ0n) is 23.9. The average molecular weight is 619 g/mol. The second kappa shape index (κ2) is 13.3. The Labute approximate surface area is 256 Å². The molecule has 4 aromatic rings. The highest BCUT2D eigenvalue weighted by molar-refractivity contribution is 8.03. The van der Waals surface area contributed by atoms with Gasteiger partial charge in [-0.15, -0.1) is 0 Å². The molecule has 2 heterocycles. The van der Waals surface area contributed by atoms with E-state index in [2.05, 4.69) is 90.1 Å². The number of aryl methyl sites for hydroxylation is 1. The number of fused-ring (bicyclic) bond motifs is 2. The van der Waals surface area contributed by atoms with E-state index in [0.29, 0.717) is 6.54 Å².